The Morgan fingerprint density at radius 1 is 0.537 bits per heavy atom. The average Bonchev–Trinajstić information content (AvgIpc) is 3.46. The van der Waals surface area contributed by atoms with Crippen molar-refractivity contribution in [2.45, 2.75) is 334 Å². The van der Waals surface area contributed by atoms with E-state index in [1.165, 1.54) is 193 Å². The number of hydrogen-bond donors (Lipinski definition) is 4. The Bertz CT molecular complexity index is 1470. The molecule has 13 heteroatoms. The van der Waals surface area contributed by atoms with E-state index in [1.807, 2.05) is 30.0 Å². The van der Waals surface area contributed by atoms with E-state index >= 15 is 0 Å². The van der Waals surface area contributed by atoms with Crippen LogP contribution in [0.2, 0.25) is 0 Å². The van der Waals surface area contributed by atoms with Crippen molar-refractivity contribution >= 4 is 39.5 Å². The highest BCUT2D eigenvalue weighted by atomic mass is 33.1. The van der Waals surface area contributed by atoms with Crippen LogP contribution in [-0.2, 0) is 28.5 Å². The predicted octanol–water partition coefficient (Wildman–Crippen LogP) is 19.1. The van der Waals surface area contributed by atoms with Gasteiger partial charge in [0.05, 0.1) is 31.0 Å². The average molecular weight is 1200 g/mol. The van der Waals surface area contributed by atoms with Gasteiger partial charge in [0, 0.05) is 63.5 Å². The summed E-state index contributed by atoms with van der Waals surface area (Å²) in [7, 11) is 3.58. The quantitative estimate of drug-likeness (QED) is 0.0343. The molecule has 2 atom stereocenters. The highest BCUT2D eigenvalue weighted by Gasteiger charge is 2.29. The van der Waals surface area contributed by atoms with Crippen LogP contribution in [0.4, 0.5) is 4.79 Å². The predicted molar refractivity (Wildman–Crippen MR) is 353 cm³/mol. The van der Waals surface area contributed by atoms with Gasteiger partial charge in [-0.1, -0.05) is 241 Å². The van der Waals surface area contributed by atoms with Gasteiger partial charge in [0.2, 0.25) is 11.8 Å². The molecule has 0 aromatic heterocycles. The van der Waals surface area contributed by atoms with E-state index < -0.39 is 0 Å². The second kappa shape index (κ2) is 56.0. The fourth-order valence-corrected chi connectivity index (χ4v) is 13.3. The summed E-state index contributed by atoms with van der Waals surface area (Å²) in [6.07, 6.45) is 52.8. The maximum Gasteiger partial charge on any atom is 0.407 e. The Hall–Kier alpha value is -1.51. The third-order valence-electron chi connectivity index (χ3n) is 17.2. The summed E-state index contributed by atoms with van der Waals surface area (Å²) in [6, 6.07) is 0. The van der Waals surface area contributed by atoms with E-state index in [0.29, 0.717) is 83.1 Å². The fraction of sp³-hybridized carbons (Fsp3) is 0.928. The van der Waals surface area contributed by atoms with Crippen LogP contribution in [0.5, 0.6) is 0 Å². The molecule has 484 valence electrons. The van der Waals surface area contributed by atoms with Crippen molar-refractivity contribution in [2.24, 2.45) is 17.8 Å². The Labute approximate surface area is 514 Å². The van der Waals surface area contributed by atoms with Crippen LogP contribution in [-0.4, -0.2) is 98.7 Å². The lowest BCUT2D eigenvalue weighted by molar-refractivity contribution is -0.127. The zero-order chi connectivity index (χ0) is 59.9. The number of alkyl carbamates (subject to hydrolysis) is 1. The minimum absolute atomic E-state index is 0.0390. The van der Waals surface area contributed by atoms with E-state index in [0.717, 1.165) is 76.7 Å². The lowest BCUT2D eigenvalue weighted by Gasteiger charge is -2.31. The molecule has 11 nitrogen and oxygen atoms in total. The normalized spacial score (nSPS) is 15.5. The number of hydrogen-bond acceptors (Lipinski definition) is 10. The summed E-state index contributed by atoms with van der Waals surface area (Å²) in [5, 5.41) is 20.3. The van der Waals surface area contributed by atoms with Crippen molar-refractivity contribution in [3.8, 4) is 0 Å². The molecular formula is C69H133N3O8S2. The molecule has 1 saturated carbocycles. The second-order valence-corrected chi connectivity index (χ2v) is 28.3. The molecule has 0 radical (unpaired) electrons. The first-order chi connectivity index (χ1) is 39.8. The minimum Gasteiger partial charge on any atom is -0.449 e. The number of carbonyl (C=O) groups is 3. The molecule has 1 rings (SSSR count). The molecule has 0 aromatic rings. The van der Waals surface area contributed by atoms with Crippen LogP contribution in [0.15, 0.2) is 12.0 Å². The molecule has 0 saturated heterocycles. The largest absolute Gasteiger partial charge is 0.449 e. The highest BCUT2D eigenvalue weighted by Crippen LogP contribution is 2.39. The zero-order valence-corrected chi connectivity index (χ0v) is 56.1. The van der Waals surface area contributed by atoms with E-state index in [1.54, 1.807) is 10.8 Å². The van der Waals surface area contributed by atoms with Gasteiger partial charge >= 0.3 is 6.09 Å². The van der Waals surface area contributed by atoms with Crippen LogP contribution in [0.3, 0.4) is 0 Å². The number of carbonyl (C=O) groups excluding carboxylic acids is 3. The molecule has 2 unspecified atom stereocenters. The summed E-state index contributed by atoms with van der Waals surface area (Å²) in [6.45, 7) is 21.4. The van der Waals surface area contributed by atoms with Crippen LogP contribution in [0.1, 0.15) is 318 Å². The molecule has 82 heavy (non-hydrogen) atoms. The van der Waals surface area contributed by atoms with Crippen molar-refractivity contribution in [1.29, 1.82) is 0 Å². The molecule has 4 N–H and O–H groups in total. The first-order valence-electron chi connectivity index (χ1n) is 34.7. The number of unbranched alkanes of at least 4 members (excludes halogenated alkanes) is 29. The molecule has 0 aromatic carbocycles. The number of aliphatic hydroxyl groups excluding tert-OH is 1. The Morgan fingerprint density at radius 3 is 1.54 bits per heavy atom. The molecule has 1 aliphatic rings. The summed E-state index contributed by atoms with van der Waals surface area (Å²) < 4.78 is 23.4. The van der Waals surface area contributed by atoms with Crippen molar-refractivity contribution < 1.29 is 38.4 Å². The van der Waals surface area contributed by atoms with Crippen molar-refractivity contribution in [1.82, 2.24) is 16.0 Å². The summed E-state index contributed by atoms with van der Waals surface area (Å²) >= 11 is 0. The summed E-state index contributed by atoms with van der Waals surface area (Å²) in [5.41, 5.74) is -0.762. The van der Waals surface area contributed by atoms with Gasteiger partial charge in [0.15, 0.2) is 0 Å². The van der Waals surface area contributed by atoms with E-state index in [9.17, 15) is 14.4 Å². The zero-order valence-electron chi connectivity index (χ0n) is 54.5. The SMILES string of the molecule is C=CSSC(C)C1CCC(C(=O)NCCOC(C)(C)CCOC(C)(C)CCNC(=O)CCCCCNC(=O)OCCCOCCCCCCCCCCCCCCCC(CC)CCCCCCCCCCCCCCCCCCO)CC1. The van der Waals surface area contributed by atoms with Gasteiger partial charge in [-0.15, -0.1) is 0 Å². The van der Waals surface area contributed by atoms with Gasteiger partial charge in [-0.3, -0.25) is 9.59 Å². The van der Waals surface area contributed by atoms with Crippen molar-refractivity contribution in [3.05, 3.63) is 12.0 Å². The number of rotatable bonds is 61. The Kier molecular flexibility index (Phi) is 53.6. The van der Waals surface area contributed by atoms with E-state index in [2.05, 4.69) is 50.2 Å². The second-order valence-electron chi connectivity index (χ2n) is 25.7. The Balaban J connectivity index is 1.83. The standard InChI is InChI=1S/C69H133N3O8S2/c1-8-62(43-36-31-27-23-19-15-12-10-11-13-17-21-25-29-33-40-55-73)44-37-32-28-24-20-16-14-18-22-26-30-34-41-56-77-57-42-58-78-67(76)72-52-39-35-38-45-65(74)70-53-50-68(4,5)79-59-51-69(6,7)80-60-54-71-66(75)64-48-46-63(47-49-64)61(3)82-81-9-2/h9,61-64,73H,2,8,10-60H2,1,3-7H3,(H,70,74)(H,71,75)(H,72,76). The molecule has 1 aliphatic carbocycles. The summed E-state index contributed by atoms with van der Waals surface area (Å²) in [5.74, 6) is 1.93. The monoisotopic (exact) mass is 1200 g/mol. The van der Waals surface area contributed by atoms with Gasteiger partial charge in [0.25, 0.3) is 0 Å². The number of ether oxygens (including phenoxy) is 4. The van der Waals surface area contributed by atoms with Gasteiger partial charge in [-0.2, -0.15) is 0 Å². The molecule has 1 fully saturated rings. The minimum atomic E-state index is -0.388. The molecule has 3 amide bonds. The van der Waals surface area contributed by atoms with Crippen LogP contribution in [0.25, 0.3) is 0 Å². The first kappa shape index (κ1) is 78.5. The third kappa shape index (κ3) is 50.6. The highest BCUT2D eigenvalue weighted by molar-refractivity contribution is 8.78. The van der Waals surface area contributed by atoms with E-state index in [-0.39, 0.29) is 35.0 Å². The van der Waals surface area contributed by atoms with Crippen molar-refractivity contribution in [3.63, 3.8) is 0 Å². The number of nitrogens with one attached hydrogen (secondary N) is 3. The Morgan fingerprint density at radius 2 is 1.01 bits per heavy atom. The summed E-state index contributed by atoms with van der Waals surface area (Å²) in [4.78, 5) is 37.3. The van der Waals surface area contributed by atoms with Crippen LogP contribution < -0.4 is 16.0 Å². The van der Waals surface area contributed by atoms with Gasteiger partial charge < -0.3 is 40.0 Å². The molecule has 0 heterocycles. The topological polar surface area (TPSA) is 144 Å². The maximum absolute atomic E-state index is 12.8. The van der Waals surface area contributed by atoms with Gasteiger partial charge in [-0.05, 0) is 109 Å². The number of aliphatic hydroxyl groups is 1. The van der Waals surface area contributed by atoms with Gasteiger partial charge in [-0.25, -0.2) is 4.79 Å². The van der Waals surface area contributed by atoms with Crippen molar-refractivity contribution in [2.75, 3.05) is 59.3 Å². The van der Waals surface area contributed by atoms with E-state index in [4.69, 9.17) is 24.1 Å². The molecular weight excluding hydrogens is 1060 g/mol. The maximum atomic E-state index is 12.8. The lowest BCUT2D eigenvalue weighted by Crippen LogP contribution is -2.38. The first-order valence-corrected chi connectivity index (χ1v) is 36.9. The van der Waals surface area contributed by atoms with Crippen LogP contribution in [0, 0.1) is 17.8 Å². The smallest absolute Gasteiger partial charge is 0.407 e. The third-order valence-corrected chi connectivity index (χ3v) is 19.8. The van der Waals surface area contributed by atoms with Gasteiger partial charge in [0.1, 0.15) is 0 Å². The lowest BCUT2D eigenvalue weighted by atomic mass is 9.80. The molecule has 0 bridgehead atoms. The number of amides is 3. The fourth-order valence-electron chi connectivity index (χ4n) is 11.4. The molecule has 0 aliphatic heterocycles. The molecule has 0 spiro atoms. The van der Waals surface area contributed by atoms with Crippen LogP contribution >= 0.6 is 21.6 Å².